The van der Waals surface area contributed by atoms with Crippen LogP contribution in [0.2, 0.25) is 5.02 Å². The van der Waals surface area contributed by atoms with Crippen molar-refractivity contribution in [2.24, 2.45) is 10.9 Å². The van der Waals surface area contributed by atoms with E-state index < -0.39 is 6.10 Å². The number of benzene rings is 1. The molecule has 5 nitrogen and oxygen atoms in total. The van der Waals surface area contributed by atoms with E-state index in [4.69, 9.17) is 16.6 Å². The molecule has 0 radical (unpaired) electrons. The third kappa shape index (κ3) is 7.04. The minimum absolute atomic E-state index is 0. The number of guanidine groups is 1. The van der Waals surface area contributed by atoms with E-state index in [1.807, 2.05) is 12.1 Å². The second-order valence-corrected chi connectivity index (χ2v) is 8.16. The van der Waals surface area contributed by atoms with Crippen molar-refractivity contribution in [3.8, 4) is 0 Å². The molecule has 2 unspecified atom stereocenters. The van der Waals surface area contributed by atoms with Crippen molar-refractivity contribution < 1.29 is 5.11 Å². The van der Waals surface area contributed by atoms with Crippen LogP contribution in [0.5, 0.6) is 0 Å². The Kier molecular flexibility index (Phi) is 10.3. The Bertz CT molecular complexity index is 607. The van der Waals surface area contributed by atoms with E-state index in [0.29, 0.717) is 17.5 Å². The molecule has 2 fully saturated rings. The zero-order valence-corrected chi connectivity index (χ0v) is 19.9. The normalized spacial score (nSPS) is 22.0. The predicted molar refractivity (Wildman–Crippen MR) is 128 cm³/mol. The fourth-order valence-electron chi connectivity index (χ4n) is 4.07. The molecule has 0 bridgehead atoms. The van der Waals surface area contributed by atoms with Gasteiger partial charge in [0.2, 0.25) is 0 Å². The van der Waals surface area contributed by atoms with Crippen molar-refractivity contribution >= 4 is 41.5 Å². The Morgan fingerprint density at radius 3 is 2.61 bits per heavy atom. The molecular weight excluding hydrogens is 487 g/mol. The smallest absolute Gasteiger partial charge is 0.194 e. The average molecular weight is 521 g/mol. The lowest BCUT2D eigenvalue weighted by molar-refractivity contribution is 0.186. The van der Waals surface area contributed by atoms with Gasteiger partial charge in [0.1, 0.15) is 0 Å². The van der Waals surface area contributed by atoms with E-state index in [1.165, 1.54) is 45.3 Å². The predicted octanol–water partition coefficient (Wildman–Crippen LogP) is 3.76. The topological polar surface area (TPSA) is 51.1 Å². The van der Waals surface area contributed by atoms with Crippen molar-refractivity contribution in [1.82, 2.24) is 15.1 Å². The molecule has 7 heteroatoms. The summed E-state index contributed by atoms with van der Waals surface area (Å²) in [5, 5.41) is 14.5. The molecule has 0 saturated carbocycles. The number of halogens is 2. The number of aliphatic hydroxyl groups excluding tert-OH is 1. The summed E-state index contributed by atoms with van der Waals surface area (Å²) in [6, 6.07) is 7.33. The molecule has 158 valence electrons. The Hall–Kier alpha value is -0.570. The number of hydrogen-bond acceptors (Lipinski definition) is 3. The van der Waals surface area contributed by atoms with Crippen LogP contribution in [0.4, 0.5) is 0 Å². The van der Waals surface area contributed by atoms with E-state index in [-0.39, 0.29) is 24.0 Å². The van der Waals surface area contributed by atoms with E-state index in [0.717, 1.165) is 31.2 Å². The van der Waals surface area contributed by atoms with Crippen LogP contribution in [-0.4, -0.2) is 66.7 Å². The summed E-state index contributed by atoms with van der Waals surface area (Å²) in [5.41, 5.74) is 0.850. The maximum atomic E-state index is 10.4. The minimum atomic E-state index is -0.609. The molecule has 0 amide bonds. The van der Waals surface area contributed by atoms with Crippen LogP contribution >= 0.6 is 35.6 Å². The Labute approximate surface area is 191 Å². The second kappa shape index (κ2) is 12.2. The number of aliphatic hydroxyl groups is 1. The number of likely N-dealkylation sites (tertiary alicyclic amines) is 2. The molecule has 2 heterocycles. The van der Waals surface area contributed by atoms with Crippen molar-refractivity contribution in [3.63, 3.8) is 0 Å². The molecule has 0 aliphatic carbocycles. The lowest BCUT2D eigenvalue weighted by Crippen LogP contribution is -2.41. The average Bonchev–Trinajstić information content (AvgIpc) is 3.14. The highest BCUT2D eigenvalue weighted by Crippen LogP contribution is 2.21. The van der Waals surface area contributed by atoms with Gasteiger partial charge >= 0.3 is 0 Å². The standard InChI is InChI=1S/C21H33ClN4O.HI/c1-2-23-21(24-14-20(27)18-6-8-19(22)9-7-18)26-13-10-17(16-26)15-25-11-4-3-5-12-25;/h6-9,17,20,27H,2-5,10-16H2,1H3,(H,23,24);1H. The number of nitrogens with zero attached hydrogens (tertiary/aromatic N) is 3. The molecule has 0 spiro atoms. The fourth-order valence-corrected chi connectivity index (χ4v) is 4.20. The third-order valence-electron chi connectivity index (χ3n) is 5.55. The number of piperidine rings is 1. The van der Waals surface area contributed by atoms with E-state index in [9.17, 15) is 5.11 Å². The van der Waals surface area contributed by atoms with Crippen LogP contribution in [0.3, 0.4) is 0 Å². The molecule has 1 aromatic carbocycles. The van der Waals surface area contributed by atoms with E-state index >= 15 is 0 Å². The zero-order valence-electron chi connectivity index (χ0n) is 16.8. The van der Waals surface area contributed by atoms with Crippen LogP contribution < -0.4 is 5.32 Å². The van der Waals surface area contributed by atoms with Gasteiger partial charge in [0.05, 0.1) is 12.6 Å². The highest BCUT2D eigenvalue weighted by Gasteiger charge is 2.27. The molecule has 1 aromatic rings. The molecule has 2 saturated heterocycles. The number of aliphatic imine (C=N–C) groups is 1. The second-order valence-electron chi connectivity index (χ2n) is 7.72. The Morgan fingerprint density at radius 2 is 1.93 bits per heavy atom. The first-order chi connectivity index (χ1) is 13.2. The lowest BCUT2D eigenvalue weighted by atomic mass is 10.1. The van der Waals surface area contributed by atoms with Gasteiger partial charge in [-0.3, -0.25) is 4.99 Å². The van der Waals surface area contributed by atoms with Crippen molar-refractivity contribution in [3.05, 3.63) is 34.9 Å². The van der Waals surface area contributed by atoms with Gasteiger partial charge in [0, 0.05) is 31.2 Å². The quantitative estimate of drug-likeness (QED) is 0.341. The summed E-state index contributed by atoms with van der Waals surface area (Å²) in [6.45, 7) is 9.12. The van der Waals surface area contributed by atoms with Crippen LogP contribution in [0.15, 0.2) is 29.3 Å². The zero-order chi connectivity index (χ0) is 19.1. The summed E-state index contributed by atoms with van der Waals surface area (Å²) in [7, 11) is 0. The lowest BCUT2D eigenvalue weighted by Gasteiger charge is -2.29. The molecular formula is C21H34ClIN4O. The summed E-state index contributed by atoms with van der Waals surface area (Å²) in [4.78, 5) is 9.70. The fraction of sp³-hybridized carbons (Fsp3) is 0.667. The van der Waals surface area contributed by atoms with Gasteiger partial charge in [0.15, 0.2) is 5.96 Å². The maximum Gasteiger partial charge on any atom is 0.194 e. The molecule has 2 N–H and O–H groups in total. The number of rotatable bonds is 6. The van der Waals surface area contributed by atoms with Gasteiger partial charge in [-0.15, -0.1) is 24.0 Å². The van der Waals surface area contributed by atoms with Gasteiger partial charge in [-0.05, 0) is 62.9 Å². The van der Waals surface area contributed by atoms with Gasteiger partial charge in [-0.1, -0.05) is 30.2 Å². The van der Waals surface area contributed by atoms with Crippen molar-refractivity contribution in [1.29, 1.82) is 0 Å². The van der Waals surface area contributed by atoms with Crippen LogP contribution in [0.1, 0.15) is 44.3 Å². The molecule has 3 rings (SSSR count). The number of hydrogen-bond donors (Lipinski definition) is 2. The summed E-state index contributed by atoms with van der Waals surface area (Å²) >= 11 is 5.93. The SMILES string of the molecule is CCNC(=NCC(O)c1ccc(Cl)cc1)N1CCC(CN2CCCCC2)C1.I. The summed E-state index contributed by atoms with van der Waals surface area (Å²) in [6.07, 6.45) is 4.70. The summed E-state index contributed by atoms with van der Waals surface area (Å²) in [5.74, 6) is 1.64. The van der Waals surface area contributed by atoms with Gasteiger partial charge in [-0.25, -0.2) is 0 Å². The van der Waals surface area contributed by atoms with Crippen molar-refractivity contribution in [2.75, 3.05) is 45.8 Å². The van der Waals surface area contributed by atoms with Gasteiger partial charge in [0.25, 0.3) is 0 Å². The van der Waals surface area contributed by atoms with Crippen LogP contribution in [0.25, 0.3) is 0 Å². The first kappa shape index (κ1) is 23.7. The van der Waals surface area contributed by atoms with Gasteiger partial charge < -0.3 is 20.2 Å². The minimum Gasteiger partial charge on any atom is -0.386 e. The molecule has 2 aliphatic heterocycles. The molecule has 0 aromatic heterocycles. The first-order valence-corrected chi connectivity index (χ1v) is 10.7. The molecule has 2 atom stereocenters. The van der Waals surface area contributed by atoms with Crippen LogP contribution in [0, 0.1) is 5.92 Å². The Balaban J connectivity index is 0.00000280. The highest BCUT2D eigenvalue weighted by atomic mass is 127. The summed E-state index contributed by atoms with van der Waals surface area (Å²) < 4.78 is 0. The number of nitrogens with one attached hydrogen (secondary N) is 1. The highest BCUT2D eigenvalue weighted by molar-refractivity contribution is 14.0. The Morgan fingerprint density at radius 1 is 1.21 bits per heavy atom. The van der Waals surface area contributed by atoms with E-state index in [1.54, 1.807) is 12.1 Å². The molecule has 28 heavy (non-hydrogen) atoms. The molecule has 2 aliphatic rings. The maximum absolute atomic E-state index is 10.4. The van der Waals surface area contributed by atoms with E-state index in [2.05, 4.69) is 22.0 Å². The van der Waals surface area contributed by atoms with Crippen LogP contribution in [-0.2, 0) is 0 Å². The third-order valence-corrected chi connectivity index (χ3v) is 5.81. The largest absolute Gasteiger partial charge is 0.386 e. The van der Waals surface area contributed by atoms with Crippen molar-refractivity contribution in [2.45, 2.75) is 38.7 Å². The first-order valence-electron chi connectivity index (χ1n) is 10.3. The monoisotopic (exact) mass is 520 g/mol. The van der Waals surface area contributed by atoms with Gasteiger partial charge in [-0.2, -0.15) is 0 Å².